The van der Waals surface area contributed by atoms with Crippen LogP contribution >= 0.6 is 11.6 Å². The van der Waals surface area contributed by atoms with Gasteiger partial charge in [-0.25, -0.2) is 17.2 Å². The molecular weight excluding hydrogens is 310 g/mol. The van der Waals surface area contributed by atoms with E-state index >= 15 is 0 Å². The van der Waals surface area contributed by atoms with Crippen LogP contribution in [-0.4, -0.2) is 8.42 Å². The van der Waals surface area contributed by atoms with E-state index in [2.05, 4.69) is 0 Å². The molecule has 0 spiro atoms. The van der Waals surface area contributed by atoms with Crippen molar-refractivity contribution in [3.63, 3.8) is 0 Å². The SMILES string of the molecule is Nc1cc(F)c(S(=O)(=O)Nc2ccccc2Cl)c(F)c1. The molecule has 2 aromatic rings. The van der Waals surface area contributed by atoms with Gasteiger partial charge in [-0.2, -0.15) is 0 Å². The molecule has 0 saturated carbocycles. The summed E-state index contributed by atoms with van der Waals surface area (Å²) in [6, 6.07) is 7.38. The first-order valence-electron chi connectivity index (χ1n) is 5.33. The van der Waals surface area contributed by atoms with Crippen molar-refractivity contribution in [3.8, 4) is 0 Å². The van der Waals surface area contributed by atoms with Gasteiger partial charge in [0.05, 0.1) is 10.7 Å². The van der Waals surface area contributed by atoms with Gasteiger partial charge >= 0.3 is 0 Å². The van der Waals surface area contributed by atoms with Gasteiger partial charge in [-0.05, 0) is 24.3 Å². The van der Waals surface area contributed by atoms with E-state index in [0.29, 0.717) is 0 Å². The maximum absolute atomic E-state index is 13.6. The zero-order valence-electron chi connectivity index (χ0n) is 9.90. The lowest BCUT2D eigenvalue weighted by molar-refractivity contribution is 0.522. The third-order valence-electron chi connectivity index (χ3n) is 2.41. The molecule has 0 amide bonds. The number of sulfonamides is 1. The zero-order valence-corrected chi connectivity index (χ0v) is 11.5. The molecule has 0 fully saturated rings. The Morgan fingerprint density at radius 1 is 1.10 bits per heavy atom. The number of para-hydroxylation sites is 1. The number of nitrogens with one attached hydrogen (secondary N) is 1. The summed E-state index contributed by atoms with van der Waals surface area (Å²) >= 11 is 5.79. The van der Waals surface area contributed by atoms with Crippen LogP contribution in [0.25, 0.3) is 0 Å². The van der Waals surface area contributed by atoms with Crippen molar-refractivity contribution in [2.75, 3.05) is 10.5 Å². The van der Waals surface area contributed by atoms with Crippen molar-refractivity contribution in [2.24, 2.45) is 0 Å². The largest absolute Gasteiger partial charge is 0.399 e. The fourth-order valence-corrected chi connectivity index (χ4v) is 3.02. The lowest BCUT2D eigenvalue weighted by atomic mass is 10.3. The molecule has 0 aromatic heterocycles. The second-order valence-corrected chi connectivity index (χ2v) is 5.93. The summed E-state index contributed by atoms with van der Waals surface area (Å²) in [5.74, 6) is -2.55. The van der Waals surface area contributed by atoms with Crippen molar-refractivity contribution in [3.05, 3.63) is 53.1 Å². The van der Waals surface area contributed by atoms with Gasteiger partial charge in [-0.3, -0.25) is 4.72 Å². The Labute approximate surface area is 119 Å². The predicted octanol–water partition coefficient (Wildman–Crippen LogP) is 3.00. The number of nitrogen functional groups attached to an aromatic ring is 1. The summed E-state index contributed by atoms with van der Waals surface area (Å²) in [6.07, 6.45) is 0. The van der Waals surface area contributed by atoms with Crippen molar-refractivity contribution in [1.29, 1.82) is 0 Å². The maximum Gasteiger partial charge on any atom is 0.267 e. The first-order valence-corrected chi connectivity index (χ1v) is 7.19. The summed E-state index contributed by atoms with van der Waals surface area (Å²) in [5, 5.41) is 0.104. The summed E-state index contributed by atoms with van der Waals surface area (Å²) in [5.41, 5.74) is 5.04. The summed E-state index contributed by atoms with van der Waals surface area (Å²) in [4.78, 5) is -1.10. The van der Waals surface area contributed by atoms with Crippen LogP contribution in [0.5, 0.6) is 0 Å². The standard InChI is InChI=1S/C12H9ClF2N2O2S/c13-8-3-1-2-4-11(8)17-20(18,19)12-9(14)5-7(16)6-10(12)15/h1-6,17H,16H2. The molecule has 0 heterocycles. The molecule has 0 radical (unpaired) electrons. The first-order chi connectivity index (χ1) is 9.31. The molecule has 0 bridgehead atoms. The lowest BCUT2D eigenvalue weighted by Gasteiger charge is -2.11. The van der Waals surface area contributed by atoms with Gasteiger partial charge in [-0.15, -0.1) is 0 Å². The monoisotopic (exact) mass is 318 g/mol. The maximum atomic E-state index is 13.6. The van der Waals surface area contributed by atoms with Crippen LogP contribution < -0.4 is 10.5 Å². The Bertz CT molecular complexity index is 743. The van der Waals surface area contributed by atoms with E-state index in [1.54, 1.807) is 6.07 Å². The van der Waals surface area contributed by atoms with E-state index in [9.17, 15) is 17.2 Å². The molecule has 20 heavy (non-hydrogen) atoms. The minimum Gasteiger partial charge on any atom is -0.399 e. The van der Waals surface area contributed by atoms with Gasteiger partial charge in [0.25, 0.3) is 10.0 Å². The van der Waals surface area contributed by atoms with Crippen LogP contribution in [0.4, 0.5) is 20.2 Å². The van der Waals surface area contributed by atoms with E-state index in [1.165, 1.54) is 18.2 Å². The molecule has 0 aliphatic carbocycles. The topological polar surface area (TPSA) is 72.2 Å². The third-order valence-corrected chi connectivity index (χ3v) is 4.15. The minimum absolute atomic E-state index is 0.0183. The lowest BCUT2D eigenvalue weighted by Crippen LogP contribution is -2.17. The van der Waals surface area contributed by atoms with Crippen molar-refractivity contribution in [2.45, 2.75) is 4.90 Å². The summed E-state index contributed by atoms with van der Waals surface area (Å²) in [6.45, 7) is 0. The van der Waals surface area contributed by atoms with Gasteiger partial charge in [0.2, 0.25) is 0 Å². The average Bonchev–Trinajstić information content (AvgIpc) is 2.30. The van der Waals surface area contributed by atoms with Gasteiger partial charge in [0, 0.05) is 5.69 Å². The summed E-state index contributed by atoms with van der Waals surface area (Å²) in [7, 11) is -4.45. The Morgan fingerprint density at radius 3 is 2.20 bits per heavy atom. The summed E-state index contributed by atoms with van der Waals surface area (Å²) < 4.78 is 53.3. The number of benzene rings is 2. The molecule has 0 aliphatic rings. The van der Waals surface area contributed by atoms with Crippen LogP contribution in [0.2, 0.25) is 5.02 Å². The van der Waals surface area contributed by atoms with E-state index in [0.717, 1.165) is 12.1 Å². The third kappa shape index (κ3) is 2.83. The Hall–Kier alpha value is -1.86. The van der Waals surface area contributed by atoms with E-state index in [-0.39, 0.29) is 16.4 Å². The predicted molar refractivity (Wildman–Crippen MR) is 73.0 cm³/mol. The van der Waals surface area contributed by atoms with Gasteiger partial charge in [0.15, 0.2) is 4.90 Å². The number of hydrogen-bond acceptors (Lipinski definition) is 3. The van der Waals surface area contributed by atoms with E-state index in [4.69, 9.17) is 17.3 Å². The smallest absolute Gasteiger partial charge is 0.267 e. The number of hydrogen-bond donors (Lipinski definition) is 2. The van der Waals surface area contributed by atoms with Crippen LogP contribution in [0.1, 0.15) is 0 Å². The molecule has 0 saturated heterocycles. The molecule has 4 nitrogen and oxygen atoms in total. The van der Waals surface area contributed by atoms with Gasteiger partial charge in [0.1, 0.15) is 11.6 Å². The number of rotatable bonds is 3. The van der Waals surface area contributed by atoms with Gasteiger partial charge < -0.3 is 5.73 Å². The van der Waals surface area contributed by atoms with Crippen LogP contribution in [0.3, 0.4) is 0 Å². The van der Waals surface area contributed by atoms with Crippen molar-refractivity contribution < 1.29 is 17.2 Å². The highest BCUT2D eigenvalue weighted by atomic mass is 35.5. The van der Waals surface area contributed by atoms with E-state index < -0.39 is 26.6 Å². The quantitative estimate of drug-likeness (QED) is 0.854. The Balaban J connectivity index is 2.50. The highest BCUT2D eigenvalue weighted by Crippen LogP contribution is 2.27. The number of nitrogens with two attached hydrogens (primary N) is 1. The first kappa shape index (κ1) is 14.5. The molecule has 0 aliphatic heterocycles. The van der Waals surface area contributed by atoms with Crippen LogP contribution in [0.15, 0.2) is 41.3 Å². The molecular formula is C12H9ClF2N2O2S. The molecule has 2 rings (SSSR count). The Kier molecular flexibility index (Phi) is 3.82. The highest BCUT2D eigenvalue weighted by molar-refractivity contribution is 7.92. The molecule has 0 atom stereocenters. The molecule has 3 N–H and O–H groups in total. The fourth-order valence-electron chi connectivity index (χ4n) is 1.58. The second kappa shape index (κ2) is 5.26. The van der Waals surface area contributed by atoms with E-state index in [1.807, 2.05) is 4.72 Å². The fraction of sp³-hybridized carbons (Fsp3) is 0. The molecule has 106 valence electrons. The van der Waals surface area contributed by atoms with Crippen molar-refractivity contribution in [1.82, 2.24) is 0 Å². The number of anilines is 2. The van der Waals surface area contributed by atoms with Crippen molar-refractivity contribution >= 4 is 33.0 Å². The average molecular weight is 319 g/mol. The molecule has 8 heteroatoms. The second-order valence-electron chi connectivity index (χ2n) is 3.90. The zero-order chi connectivity index (χ0) is 14.9. The van der Waals surface area contributed by atoms with Crippen LogP contribution in [-0.2, 0) is 10.0 Å². The normalized spacial score (nSPS) is 11.3. The Morgan fingerprint density at radius 2 is 1.65 bits per heavy atom. The van der Waals surface area contributed by atoms with Gasteiger partial charge in [-0.1, -0.05) is 23.7 Å². The molecule has 0 unspecified atom stereocenters. The highest BCUT2D eigenvalue weighted by Gasteiger charge is 2.25. The van der Waals surface area contributed by atoms with Crippen LogP contribution in [0, 0.1) is 11.6 Å². The molecule has 2 aromatic carbocycles. The number of halogens is 3. The minimum atomic E-state index is -4.45.